The van der Waals surface area contributed by atoms with Crippen LogP contribution in [0.25, 0.3) is 5.69 Å². The SMILES string of the molecule is O=C(OCCO)c1cnn(-c2cccc(C(F)(F)F)c2)c1C1CC1. The number of nitrogens with zero attached hydrogens (tertiary/aromatic N) is 2. The van der Waals surface area contributed by atoms with E-state index >= 15 is 0 Å². The van der Waals surface area contributed by atoms with Gasteiger partial charge >= 0.3 is 12.1 Å². The molecule has 1 aromatic heterocycles. The fraction of sp³-hybridized carbons (Fsp3) is 0.375. The van der Waals surface area contributed by atoms with E-state index in [-0.39, 0.29) is 30.4 Å². The molecule has 1 fully saturated rings. The molecule has 1 N–H and O–H groups in total. The van der Waals surface area contributed by atoms with E-state index in [2.05, 4.69) is 5.10 Å². The van der Waals surface area contributed by atoms with Crippen LogP contribution in [-0.2, 0) is 10.9 Å². The van der Waals surface area contributed by atoms with Crippen LogP contribution in [0.4, 0.5) is 13.2 Å². The minimum atomic E-state index is -4.45. The highest BCUT2D eigenvalue weighted by molar-refractivity contribution is 5.91. The average Bonchev–Trinajstić information content (AvgIpc) is 3.30. The number of carbonyl (C=O) groups is 1. The number of aromatic nitrogens is 2. The van der Waals surface area contributed by atoms with Gasteiger partial charge in [-0.15, -0.1) is 0 Å². The van der Waals surface area contributed by atoms with Crippen LogP contribution in [-0.4, -0.2) is 34.1 Å². The summed E-state index contributed by atoms with van der Waals surface area (Å²) in [5.74, 6) is -0.567. The average molecular weight is 340 g/mol. The van der Waals surface area contributed by atoms with E-state index < -0.39 is 17.7 Å². The first-order chi connectivity index (χ1) is 11.4. The Balaban J connectivity index is 2.00. The van der Waals surface area contributed by atoms with Crippen LogP contribution >= 0.6 is 0 Å². The van der Waals surface area contributed by atoms with Crippen LogP contribution in [0.5, 0.6) is 0 Å². The number of aliphatic hydroxyl groups excluding tert-OH is 1. The van der Waals surface area contributed by atoms with Gasteiger partial charge in [-0.1, -0.05) is 6.07 Å². The van der Waals surface area contributed by atoms with Crippen molar-refractivity contribution < 1.29 is 27.8 Å². The van der Waals surface area contributed by atoms with Crippen molar-refractivity contribution in [3.8, 4) is 5.69 Å². The lowest BCUT2D eigenvalue weighted by atomic mass is 10.1. The maximum atomic E-state index is 12.9. The number of rotatable bonds is 5. The minimum Gasteiger partial charge on any atom is -0.460 e. The molecule has 3 rings (SSSR count). The first-order valence-electron chi connectivity index (χ1n) is 7.45. The van der Waals surface area contributed by atoms with Crippen molar-refractivity contribution in [2.24, 2.45) is 0 Å². The van der Waals surface area contributed by atoms with Gasteiger partial charge in [-0.2, -0.15) is 18.3 Å². The Hall–Kier alpha value is -2.35. The number of hydrogen-bond donors (Lipinski definition) is 1. The van der Waals surface area contributed by atoms with Crippen LogP contribution in [0.2, 0.25) is 0 Å². The second-order valence-electron chi connectivity index (χ2n) is 5.54. The third-order valence-electron chi connectivity index (χ3n) is 3.73. The van der Waals surface area contributed by atoms with Gasteiger partial charge in [0.1, 0.15) is 12.2 Å². The summed E-state index contributed by atoms with van der Waals surface area (Å²) >= 11 is 0. The predicted molar refractivity (Wildman–Crippen MR) is 77.9 cm³/mol. The van der Waals surface area contributed by atoms with Crippen LogP contribution < -0.4 is 0 Å². The van der Waals surface area contributed by atoms with Gasteiger partial charge in [-0.3, -0.25) is 0 Å². The lowest BCUT2D eigenvalue weighted by molar-refractivity contribution is -0.137. The third-order valence-corrected chi connectivity index (χ3v) is 3.73. The van der Waals surface area contributed by atoms with E-state index in [1.54, 1.807) is 0 Å². The maximum absolute atomic E-state index is 12.9. The highest BCUT2D eigenvalue weighted by atomic mass is 19.4. The van der Waals surface area contributed by atoms with Crippen molar-refractivity contribution in [1.29, 1.82) is 0 Å². The van der Waals surface area contributed by atoms with Crippen LogP contribution in [0.1, 0.15) is 40.4 Å². The second-order valence-corrected chi connectivity index (χ2v) is 5.54. The molecule has 0 spiro atoms. The van der Waals surface area contributed by atoms with Crippen molar-refractivity contribution in [2.45, 2.75) is 24.9 Å². The molecule has 0 atom stereocenters. The number of esters is 1. The largest absolute Gasteiger partial charge is 0.460 e. The molecule has 0 amide bonds. The molecule has 0 saturated heterocycles. The molecule has 2 aromatic rings. The summed E-state index contributed by atoms with van der Waals surface area (Å²) < 4.78 is 45.0. The van der Waals surface area contributed by atoms with Crippen molar-refractivity contribution >= 4 is 5.97 Å². The molecule has 1 aliphatic rings. The van der Waals surface area contributed by atoms with E-state index in [4.69, 9.17) is 9.84 Å². The van der Waals surface area contributed by atoms with Gasteiger partial charge in [0.05, 0.1) is 29.7 Å². The van der Waals surface area contributed by atoms with E-state index in [0.717, 1.165) is 25.0 Å². The summed E-state index contributed by atoms with van der Waals surface area (Å²) in [6.45, 7) is -0.441. The van der Waals surface area contributed by atoms with Crippen molar-refractivity contribution in [3.05, 3.63) is 47.3 Å². The Labute approximate surface area is 135 Å². The quantitative estimate of drug-likeness (QED) is 0.850. The normalized spacial score (nSPS) is 14.7. The first kappa shape index (κ1) is 16.5. The van der Waals surface area contributed by atoms with Crippen LogP contribution in [0.3, 0.4) is 0 Å². The molecule has 24 heavy (non-hydrogen) atoms. The van der Waals surface area contributed by atoms with Gasteiger partial charge in [-0.05, 0) is 31.0 Å². The lowest BCUT2D eigenvalue weighted by Gasteiger charge is -2.12. The summed E-state index contributed by atoms with van der Waals surface area (Å²) in [6, 6.07) is 4.80. The molecule has 0 aliphatic heterocycles. The molecular formula is C16H15F3N2O3. The van der Waals surface area contributed by atoms with Crippen molar-refractivity contribution in [1.82, 2.24) is 9.78 Å². The van der Waals surface area contributed by atoms with Gasteiger partial charge < -0.3 is 9.84 Å². The lowest BCUT2D eigenvalue weighted by Crippen LogP contribution is -2.12. The number of ether oxygens (including phenoxy) is 1. The second kappa shape index (κ2) is 6.27. The standard InChI is InChI=1S/C16H15F3N2O3/c17-16(18,19)11-2-1-3-12(8-11)21-14(10-4-5-10)13(9-20-21)15(23)24-7-6-22/h1-3,8-10,22H,4-7H2. The van der Waals surface area contributed by atoms with E-state index in [9.17, 15) is 18.0 Å². The summed E-state index contributed by atoms with van der Waals surface area (Å²) in [5.41, 5.74) is 0.246. The molecular weight excluding hydrogens is 325 g/mol. The zero-order chi connectivity index (χ0) is 17.3. The van der Waals surface area contributed by atoms with E-state index in [1.807, 2.05) is 0 Å². The maximum Gasteiger partial charge on any atom is 0.416 e. The number of alkyl halides is 3. The van der Waals surface area contributed by atoms with Crippen molar-refractivity contribution in [3.63, 3.8) is 0 Å². The van der Waals surface area contributed by atoms with Crippen LogP contribution in [0, 0.1) is 0 Å². The molecule has 1 aromatic carbocycles. The molecule has 0 unspecified atom stereocenters. The number of hydrogen-bond acceptors (Lipinski definition) is 4. The highest BCUT2D eigenvalue weighted by Gasteiger charge is 2.34. The third kappa shape index (κ3) is 3.28. The predicted octanol–water partition coefficient (Wildman–Crippen LogP) is 2.92. The van der Waals surface area contributed by atoms with Crippen LogP contribution in [0.15, 0.2) is 30.5 Å². The summed E-state index contributed by atoms with van der Waals surface area (Å²) in [7, 11) is 0. The summed E-state index contributed by atoms with van der Waals surface area (Å²) in [5, 5.41) is 12.8. The van der Waals surface area contributed by atoms with Gasteiger partial charge in [0.25, 0.3) is 0 Å². The first-order valence-corrected chi connectivity index (χ1v) is 7.45. The summed E-state index contributed by atoms with van der Waals surface area (Å²) in [4.78, 5) is 12.1. The Morgan fingerprint density at radius 3 is 2.75 bits per heavy atom. The smallest absolute Gasteiger partial charge is 0.416 e. The molecule has 8 heteroatoms. The fourth-order valence-electron chi connectivity index (χ4n) is 2.50. The van der Waals surface area contributed by atoms with Gasteiger partial charge in [-0.25, -0.2) is 9.48 Å². The van der Waals surface area contributed by atoms with Gasteiger partial charge in [0.15, 0.2) is 0 Å². The number of benzene rings is 1. The van der Waals surface area contributed by atoms with Gasteiger partial charge in [0.2, 0.25) is 0 Å². The monoisotopic (exact) mass is 340 g/mol. The topological polar surface area (TPSA) is 64.3 Å². The van der Waals surface area contributed by atoms with E-state index in [1.165, 1.54) is 23.0 Å². The van der Waals surface area contributed by atoms with E-state index in [0.29, 0.717) is 5.69 Å². The molecule has 1 heterocycles. The number of halogens is 3. The Morgan fingerprint density at radius 1 is 1.38 bits per heavy atom. The zero-order valence-electron chi connectivity index (χ0n) is 12.6. The minimum absolute atomic E-state index is 0.0683. The molecule has 1 aliphatic carbocycles. The number of aliphatic hydroxyl groups is 1. The molecule has 5 nitrogen and oxygen atoms in total. The molecule has 128 valence electrons. The van der Waals surface area contributed by atoms with Gasteiger partial charge in [0, 0.05) is 5.92 Å². The van der Waals surface area contributed by atoms with Crippen molar-refractivity contribution in [2.75, 3.05) is 13.2 Å². The summed E-state index contributed by atoms with van der Waals surface area (Å²) in [6.07, 6.45) is -1.48. The Kier molecular flexibility index (Phi) is 4.31. The molecule has 1 saturated carbocycles. The molecule has 0 radical (unpaired) electrons. The fourth-order valence-corrected chi connectivity index (χ4v) is 2.50. The number of carbonyl (C=O) groups excluding carboxylic acids is 1. The molecule has 0 bridgehead atoms. The highest BCUT2D eigenvalue weighted by Crippen LogP contribution is 2.43. The Bertz CT molecular complexity index is 751. The Morgan fingerprint density at radius 2 is 2.12 bits per heavy atom. The zero-order valence-corrected chi connectivity index (χ0v) is 12.6.